The first-order valence-corrected chi connectivity index (χ1v) is 9.14. The SMILES string of the molecule is OC(COc1ccccc1)CN(Cc1ccccc1F)CC1CCCO1. The van der Waals surface area contributed by atoms with E-state index in [9.17, 15) is 9.50 Å². The van der Waals surface area contributed by atoms with E-state index in [0.717, 1.165) is 25.2 Å². The van der Waals surface area contributed by atoms with Crippen LogP contribution in [-0.2, 0) is 11.3 Å². The fraction of sp³-hybridized carbons (Fsp3) is 0.429. The summed E-state index contributed by atoms with van der Waals surface area (Å²) in [6.07, 6.45) is 1.54. The van der Waals surface area contributed by atoms with Crippen LogP contribution in [0.15, 0.2) is 54.6 Å². The number of para-hydroxylation sites is 1. The third kappa shape index (κ3) is 5.80. The van der Waals surface area contributed by atoms with Gasteiger partial charge in [-0.15, -0.1) is 0 Å². The molecule has 26 heavy (non-hydrogen) atoms. The van der Waals surface area contributed by atoms with E-state index in [1.54, 1.807) is 12.1 Å². The van der Waals surface area contributed by atoms with Gasteiger partial charge in [0.25, 0.3) is 0 Å². The highest BCUT2D eigenvalue weighted by Gasteiger charge is 2.22. The number of nitrogens with zero attached hydrogens (tertiary/aromatic N) is 1. The normalized spacial score (nSPS) is 18.2. The zero-order chi connectivity index (χ0) is 18.2. The molecular weight excluding hydrogens is 333 g/mol. The molecule has 1 fully saturated rings. The molecule has 5 heteroatoms. The topological polar surface area (TPSA) is 41.9 Å². The van der Waals surface area contributed by atoms with Gasteiger partial charge in [0.2, 0.25) is 0 Å². The molecule has 4 nitrogen and oxygen atoms in total. The summed E-state index contributed by atoms with van der Waals surface area (Å²) in [7, 11) is 0. The summed E-state index contributed by atoms with van der Waals surface area (Å²) in [4.78, 5) is 2.05. The minimum atomic E-state index is -0.664. The first-order chi connectivity index (χ1) is 12.7. The zero-order valence-electron chi connectivity index (χ0n) is 14.9. The molecule has 3 rings (SSSR count). The molecule has 2 atom stereocenters. The molecule has 0 saturated carbocycles. The molecule has 0 spiro atoms. The number of benzene rings is 2. The lowest BCUT2D eigenvalue weighted by Crippen LogP contribution is -2.39. The predicted octanol–water partition coefficient (Wildman–Crippen LogP) is 3.25. The van der Waals surface area contributed by atoms with Gasteiger partial charge in [-0.3, -0.25) is 4.90 Å². The van der Waals surface area contributed by atoms with Gasteiger partial charge in [0.15, 0.2) is 0 Å². The Morgan fingerprint density at radius 1 is 1.15 bits per heavy atom. The molecule has 2 aromatic carbocycles. The maximum atomic E-state index is 14.0. The number of rotatable bonds is 9. The molecule has 1 aliphatic rings. The summed E-state index contributed by atoms with van der Waals surface area (Å²) < 4.78 is 25.4. The number of ether oxygens (including phenoxy) is 2. The standard InChI is InChI=1S/C21H26FNO3/c22-21-11-5-4-7-17(21)13-23(15-20-10-6-12-25-20)14-18(24)16-26-19-8-2-1-3-9-19/h1-5,7-9,11,18,20,24H,6,10,12-16H2. The molecule has 0 aliphatic carbocycles. The Hall–Kier alpha value is -1.95. The van der Waals surface area contributed by atoms with Crippen LogP contribution in [-0.4, -0.2) is 48.5 Å². The number of hydrogen-bond acceptors (Lipinski definition) is 4. The van der Waals surface area contributed by atoms with Crippen LogP contribution in [0.1, 0.15) is 18.4 Å². The van der Waals surface area contributed by atoms with E-state index in [1.807, 2.05) is 41.3 Å². The lowest BCUT2D eigenvalue weighted by Gasteiger charge is -2.27. The fourth-order valence-corrected chi connectivity index (χ4v) is 3.21. The number of hydrogen-bond donors (Lipinski definition) is 1. The molecule has 0 radical (unpaired) electrons. The average Bonchev–Trinajstić information content (AvgIpc) is 3.16. The monoisotopic (exact) mass is 359 g/mol. The highest BCUT2D eigenvalue weighted by Crippen LogP contribution is 2.17. The number of halogens is 1. The smallest absolute Gasteiger partial charge is 0.127 e. The van der Waals surface area contributed by atoms with Crippen molar-refractivity contribution in [1.82, 2.24) is 4.90 Å². The molecule has 1 heterocycles. The van der Waals surface area contributed by atoms with Crippen molar-refractivity contribution in [3.8, 4) is 5.75 Å². The van der Waals surface area contributed by atoms with Gasteiger partial charge < -0.3 is 14.6 Å². The van der Waals surface area contributed by atoms with Crippen LogP contribution in [0, 0.1) is 5.82 Å². The second-order valence-electron chi connectivity index (χ2n) is 6.70. The van der Waals surface area contributed by atoms with Crippen molar-refractivity contribution in [1.29, 1.82) is 0 Å². The van der Waals surface area contributed by atoms with Gasteiger partial charge in [0.05, 0.1) is 6.10 Å². The fourth-order valence-electron chi connectivity index (χ4n) is 3.21. The van der Waals surface area contributed by atoms with E-state index >= 15 is 0 Å². The van der Waals surface area contributed by atoms with Crippen LogP contribution in [0.4, 0.5) is 4.39 Å². The molecule has 140 valence electrons. The Morgan fingerprint density at radius 2 is 1.92 bits per heavy atom. The summed E-state index contributed by atoms with van der Waals surface area (Å²) in [6.45, 7) is 2.49. The van der Waals surface area contributed by atoms with Crippen molar-refractivity contribution in [3.05, 3.63) is 66.0 Å². The lowest BCUT2D eigenvalue weighted by molar-refractivity contribution is 0.0310. The molecule has 0 bridgehead atoms. The van der Waals surface area contributed by atoms with Crippen molar-refractivity contribution >= 4 is 0 Å². The van der Waals surface area contributed by atoms with Crippen molar-refractivity contribution in [2.24, 2.45) is 0 Å². The van der Waals surface area contributed by atoms with Crippen LogP contribution < -0.4 is 4.74 Å². The largest absolute Gasteiger partial charge is 0.491 e. The van der Waals surface area contributed by atoms with Crippen molar-refractivity contribution in [2.45, 2.75) is 31.6 Å². The molecule has 1 saturated heterocycles. The molecule has 1 N–H and O–H groups in total. The van der Waals surface area contributed by atoms with Gasteiger partial charge in [-0.25, -0.2) is 4.39 Å². The second-order valence-corrected chi connectivity index (χ2v) is 6.70. The van der Waals surface area contributed by atoms with Gasteiger partial charge in [-0.2, -0.15) is 0 Å². The van der Waals surface area contributed by atoms with Gasteiger partial charge in [0, 0.05) is 31.8 Å². The second kappa shape index (κ2) is 9.67. The van der Waals surface area contributed by atoms with Crippen LogP contribution in [0.5, 0.6) is 5.75 Å². The van der Waals surface area contributed by atoms with E-state index in [4.69, 9.17) is 9.47 Å². The van der Waals surface area contributed by atoms with Crippen LogP contribution >= 0.6 is 0 Å². The third-order valence-corrected chi connectivity index (χ3v) is 4.49. The van der Waals surface area contributed by atoms with Crippen LogP contribution in [0.2, 0.25) is 0 Å². The first-order valence-electron chi connectivity index (χ1n) is 9.14. The van der Waals surface area contributed by atoms with Crippen molar-refractivity contribution in [3.63, 3.8) is 0 Å². The van der Waals surface area contributed by atoms with Gasteiger partial charge in [-0.1, -0.05) is 36.4 Å². The van der Waals surface area contributed by atoms with Crippen LogP contribution in [0.25, 0.3) is 0 Å². The van der Waals surface area contributed by atoms with E-state index in [2.05, 4.69) is 0 Å². The van der Waals surface area contributed by atoms with Gasteiger partial charge in [-0.05, 0) is 31.0 Å². The Labute approximate surface area is 154 Å². The Morgan fingerprint density at radius 3 is 2.65 bits per heavy atom. The Bertz CT molecular complexity index is 661. The average molecular weight is 359 g/mol. The van der Waals surface area contributed by atoms with E-state index in [-0.39, 0.29) is 18.5 Å². The summed E-state index contributed by atoms with van der Waals surface area (Å²) in [5.41, 5.74) is 0.627. The van der Waals surface area contributed by atoms with Gasteiger partial charge >= 0.3 is 0 Å². The van der Waals surface area contributed by atoms with E-state index in [1.165, 1.54) is 6.07 Å². The number of aliphatic hydroxyl groups is 1. The van der Waals surface area contributed by atoms with Crippen molar-refractivity contribution in [2.75, 3.05) is 26.3 Å². The van der Waals surface area contributed by atoms with E-state index < -0.39 is 6.10 Å². The zero-order valence-corrected chi connectivity index (χ0v) is 14.9. The molecule has 0 amide bonds. The molecular formula is C21H26FNO3. The molecule has 0 aromatic heterocycles. The lowest BCUT2D eigenvalue weighted by atomic mass is 10.1. The minimum absolute atomic E-state index is 0.143. The highest BCUT2D eigenvalue weighted by atomic mass is 19.1. The molecule has 2 unspecified atom stereocenters. The maximum Gasteiger partial charge on any atom is 0.127 e. The summed E-state index contributed by atoms with van der Waals surface area (Å²) >= 11 is 0. The Balaban J connectivity index is 1.57. The van der Waals surface area contributed by atoms with Gasteiger partial charge in [0.1, 0.15) is 24.3 Å². The predicted molar refractivity (Wildman–Crippen MR) is 98.6 cm³/mol. The van der Waals surface area contributed by atoms with Crippen molar-refractivity contribution < 1.29 is 19.0 Å². The summed E-state index contributed by atoms with van der Waals surface area (Å²) in [6, 6.07) is 16.2. The third-order valence-electron chi connectivity index (χ3n) is 4.49. The summed E-state index contributed by atoms with van der Waals surface area (Å²) in [5.74, 6) is 0.506. The maximum absolute atomic E-state index is 14.0. The van der Waals surface area contributed by atoms with E-state index in [0.29, 0.717) is 25.2 Å². The molecule has 2 aromatic rings. The summed E-state index contributed by atoms with van der Waals surface area (Å²) in [5, 5.41) is 10.4. The first kappa shape index (κ1) is 18.8. The minimum Gasteiger partial charge on any atom is -0.491 e. The quantitative estimate of drug-likeness (QED) is 0.746. The number of aliphatic hydroxyl groups excluding tert-OH is 1. The Kier molecular flexibility index (Phi) is 7.00. The molecule has 1 aliphatic heterocycles. The van der Waals surface area contributed by atoms with Crippen LogP contribution in [0.3, 0.4) is 0 Å². The highest BCUT2D eigenvalue weighted by molar-refractivity contribution is 5.21.